The van der Waals surface area contributed by atoms with Crippen LogP contribution in [0.5, 0.6) is 0 Å². The lowest BCUT2D eigenvalue weighted by atomic mass is 9.87. The lowest BCUT2D eigenvalue weighted by Crippen LogP contribution is -2.39. The Balaban J connectivity index is 1.41. The molecule has 0 radical (unpaired) electrons. The van der Waals surface area contributed by atoms with Gasteiger partial charge >= 0.3 is 5.97 Å². The third-order valence-corrected chi connectivity index (χ3v) is 12.8. The number of thioether (sulfide) groups is 1. The van der Waals surface area contributed by atoms with E-state index >= 15 is 0 Å². The van der Waals surface area contributed by atoms with Gasteiger partial charge in [-0.1, -0.05) is 48.3 Å². The van der Waals surface area contributed by atoms with Gasteiger partial charge in [-0.3, -0.25) is 23.9 Å². The number of imide groups is 1. The van der Waals surface area contributed by atoms with E-state index in [0.29, 0.717) is 23.8 Å². The number of fused-ring (bicyclic) bond motifs is 2. The van der Waals surface area contributed by atoms with Crippen molar-refractivity contribution < 1.29 is 45.4 Å². The molecule has 2 aliphatic rings. The highest BCUT2D eigenvalue weighted by Crippen LogP contribution is 2.48. The number of aliphatic carboxylic acids is 1. The molecule has 0 fully saturated rings. The number of rotatable bonds is 15. The zero-order valence-corrected chi connectivity index (χ0v) is 33.3. The third-order valence-electron chi connectivity index (χ3n) is 8.23. The molecule has 3 aromatic rings. The number of anilines is 1. The van der Waals surface area contributed by atoms with Crippen molar-refractivity contribution in [2.24, 2.45) is 5.92 Å². The molecule has 0 saturated carbocycles. The molecule has 5 rings (SSSR count). The van der Waals surface area contributed by atoms with Crippen molar-refractivity contribution in [3.63, 3.8) is 0 Å². The van der Waals surface area contributed by atoms with Crippen LogP contribution in [0.15, 0.2) is 91.6 Å². The van der Waals surface area contributed by atoms with Crippen LogP contribution in [0.2, 0.25) is 0 Å². The molecule has 2 aromatic carbocycles. The van der Waals surface area contributed by atoms with Crippen LogP contribution < -0.4 is 14.8 Å². The monoisotopic (exact) mass is 817 g/mol. The van der Waals surface area contributed by atoms with Crippen LogP contribution in [-0.4, -0.2) is 65.7 Å². The number of amides is 2. The van der Waals surface area contributed by atoms with E-state index in [1.807, 2.05) is 59.5 Å². The van der Waals surface area contributed by atoms with Gasteiger partial charge in [-0.25, -0.2) is 8.42 Å². The number of carboxylic acids is 1. The van der Waals surface area contributed by atoms with Crippen molar-refractivity contribution in [3.8, 4) is 0 Å². The summed E-state index contributed by atoms with van der Waals surface area (Å²) < 4.78 is 54.0. The Kier molecular flexibility index (Phi) is 13.9. The first-order valence-corrected chi connectivity index (χ1v) is 22.1. The van der Waals surface area contributed by atoms with Gasteiger partial charge in [-0.15, -0.1) is 0 Å². The Hall–Kier alpha value is -3.58. The molecule has 2 atom stereocenters. The molecule has 53 heavy (non-hydrogen) atoms. The fourth-order valence-electron chi connectivity index (χ4n) is 6.04. The minimum Gasteiger partial charge on any atom is -0.748 e. The van der Waals surface area contributed by atoms with Gasteiger partial charge in [0.05, 0.1) is 38.7 Å². The highest BCUT2D eigenvalue weighted by molar-refractivity contribution is 8.03. The standard InChI is InChI=1S/C36H39N3O9S5/c1-23-15-24(7-6-8-34-38(13-4-5-14-53(45,46)47)29-20-27(52(3)44)10-12-31(29)49-34)17-25(16-23)18-35-39(22-33(41)37-32(40)21-36(42)43)28-19-26(51-48-2)9-11-30(28)50-35/h6-12,17-20,23H,4-5,13-16,21-22H2,1-3H3,(H2-,37,40,41,42,43,45,46,47). The molecular formula is C36H39N3O9S5. The molecule has 0 saturated heterocycles. The van der Waals surface area contributed by atoms with E-state index in [-0.39, 0.29) is 13.0 Å². The first-order chi connectivity index (χ1) is 25.2. The maximum atomic E-state index is 12.9. The number of thiazole rings is 1. The minimum absolute atomic E-state index is 0.190. The number of aryl methyl sites for hydroxylation is 1. The van der Waals surface area contributed by atoms with Crippen molar-refractivity contribution >= 4 is 95.8 Å². The summed E-state index contributed by atoms with van der Waals surface area (Å²) in [5.41, 5.74) is 3.83. The molecule has 2 unspecified atom stereocenters. The van der Waals surface area contributed by atoms with E-state index in [4.69, 9.17) is 9.29 Å². The van der Waals surface area contributed by atoms with Crippen LogP contribution in [0.25, 0.3) is 16.3 Å². The van der Waals surface area contributed by atoms with Gasteiger partial charge in [0, 0.05) is 57.3 Å². The summed E-state index contributed by atoms with van der Waals surface area (Å²) in [5, 5.41) is 12.8. The number of nitrogens with one attached hydrogen (secondary N) is 1. The number of hydrogen-bond acceptors (Lipinski definition) is 12. The van der Waals surface area contributed by atoms with Crippen molar-refractivity contribution in [1.29, 1.82) is 0 Å². The van der Waals surface area contributed by atoms with Gasteiger partial charge in [0.2, 0.25) is 17.3 Å². The second-order valence-corrected chi connectivity index (χ2v) is 18.6. The summed E-state index contributed by atoms with van der Waals surface area (Å²) in [5.74, 6) is -2.92. The largest absolute Gasteiger partial charge is 0.748 e. The predicted octanol–water partition coefficient (Wildman–Crippen LogP) is 5.77. The molecule has 12 nitrogen and oxygen atoms in total. The Morgan fingerprint density at radius 1 is 1.17 bits per heavy atom. The summed E-state index contributed by atoms with van der Waals surface area (Å²) in [7, 11) is -3.91. The Morgan fingerprint density at radius 3 is 2.68 bits per heavy atom. The molecule has 17 heteroatoms. The van der Waals surface area contributed by atoms with E-state index in [2.05, 4.69) is 29.0 Å². The van der Waals surface area contributed by atoms with Crippen LogP contribution in [0.4, 0.5) is 5.69 Å². The number of carbonyl (C=O) groups is 3. The zero-order valence-electron chi connectivity index (χ0n) is 29.2. The molecule has 0 bridgehead atoms. The quantitative estimate of drug-likeness (QED) is 0.0624. The van der Waals surface area contributed by atoms with Crippen LogP contribution in [0.1, 0.15) is 44.0 Å². The third kappa shape index (κ3) is 11.5. The smallest absolute Gasteiger partial charge is 0.312 e. The fourth-order valence-corrected chi connectivity index (χ4v) is 9.82. The van der Waals surface area contributed by atoms with E-state index in [9.17, 15) is 31.6 Å². The number of hydrogen-bond donors (Lipinski definition) is 2. The molecule has 282 valence electrons. The van der Waals surface area contributed by atoms with E-state index in [1.165, 1.54) is 23.8 Å². The van der Waals surface area contributed by atoms with Gasteiger partial charge in [0.1, 0.15) is 17.7 Å². The lowest BCUT2D eigenvalue weighted by molar-refractivity contribution is -0.669. The first kappa shape index (κ1) is 40.6. The molecular weight excluding hydrogens is 779 g/mol. The van der Waals surface area contributed by atoms with Gasteiger partial charge in [0.15, 0.2) is 6.54 Å². The molecule has 2 amide bonds. The molecule has 1 aromatic heterocycles. The van der Waals surface area contributed by atoms with E-state index in [0.717, 1.165) is 59.7 Å². The summed E-state index contributed by atoms with van der Waals surface area (Å²) in [6.07, 6.45) is 13.4. The average Bonchev–Trinajstić information content (AvgIpc) is 3.58. The van der Waals surface area contributed by atoms with Gasteiger partial charge < -0.3 is 18.7 Å². The molecule has 1 aliphatic carbocycles. The van der Waals surface area contributed by atoms with E-state index in [1.54, 1.807) is 24.7 Å². The number of nitrogens with zero attached hydrogens (tertiary/aromatic N) is 2. The molecule has 0 spiro atoms. The number of carboxylic acid groups (broad SMARTS) is 1. The molecule has 1 aliphatic heterocycles. The van der Waals surface area contributed by atoms with Gasteiger partial charge in [-0.05, 0) is 72.7 Å². The Bertz CT molecular complexity index is 2170. The van der Waals surface area contributed by atoms with Crippen molar-refractivity contribution in [3.05, 3.63) is 81.9 Å². The van der Waals surface area contributed by atoms with E-state index < -0.39 is 50.9 Å². The minimum atomic E-state index is -4.30. The van der Waals surface area contributed by atoms with Crippen LogP contribution in [0, 0.1) is 5.92 Å². The maximum Gasteiger partial charge on any atom is 0.312 e. The first-order valence-electron chi connectivity index (χ1n) is 16.6. The fraction of sp³-hybridized carbons (Fsp3) is 0.333. The summed E-state index contributed by atoms with van der Waals surface area (Å²) in [4.78, 5) is 40.2. The summed E-state index contributed by atoms with van der Waals surface area (Å²) in [6.45, 7) is 2.47. The number of allylic oxidation sites excluding steroid dienone is 6. The molecule has 2 heterocycles. The summed E-state index contributed by atoms with van der Waals surface area (Å²) >= 11 is 4.26. The zero-order chi connectivity index (χ0) is 38.3. The second kappa shape index (κ2) is 18.2. The Labute approximate surface area is 323 Å². The number of unbranched alkanes of at least 4 members (excludes halogenated alkanes) is 1. The van der Waals surface area contributed by atoms with Crippen molar-refractivity contribution in [1.82, 2.24) is 5.32 Å². The predicted molar refractivity (Wildman–Crippen MR) is 208 cm³/mol. The SMILES string of the molecule is COSc1ccc2c(c1)N(CC(=O)NC(=O)CC(=O)O)/C(=C/C1=CC(=C/C=C/c3sc4ccc(S(C)=O)cc4[n+]3CCCCS(=O)(=O)[O-])/CC(C)C1)S2. The van der Waals surface area contributed by atoms with Crippen LogP contribution in [0.3, 0.4) is 0 Å². The maximum absolute atomic E-state index is 12.9. The number of benzene rings is 2. The topological polar surface area (TPSA) is 174 Å². The highest BCUT2D eigenvalue weighted by atomic mass is 32.2. The average molecular weight is 818 g/mol. The Morgan fingerprint density at radius 2 is 1.96 bits per heavy atom. The number of aromatic nitrogens is 1. The van der Waals surface area contributed by atoms with Gasteiger partial charge in [-0.2, -0.15) is 4.57 Å². The van der Waals surface area contributed by atoms with Gasteiger partial charge in [0.25, 0.3) is 5.01 Å². The van der Waals surface area contributed by atoms with Crippen LogP contribution in [-0.2, 0) is 46.0 Å². The number of carbonyl (C=O) groups excluding carboxylic acids is 2. The molecule has 2 N–H and O–H groups in total. The summed E-state index contributed by atoms with van der Waals surface area (Å²) in [6, 6.07) is 11.5. The van der Waals surface area contributed by atoms with Crippen LogP contribution >= 0.6 is 35.1 Å². The normalized spacial score (nSPS) is 18.2. The van der Waals surface area contributed by atoms with Crippen molar-refractivity contribution in [2.45, 2.75) is 60.3 Å². The highest BCUT2D eigenvalue weighted by Gasteiger charge is 2.29. The second-order valence-electron chi connectivity index (χ2n) is 12.6. The lowest BCUT2D eigenvalue weighted by Gasteiger charge is -2.23. The van der Waals surface area contributed by atoms with Crippen molar-refractivity contribution in [2.75, 3.05) is 30.6 Å².